The van der Waals surface area contributed by atoms with Crippen molar-refractivity contribution in [3.8, 4) is 0 Å². The van der Waals surface area contributed by atoms with Crippen LogP contribution >= 0.6 is 12.6 Å². The topological polar surface area (TPSA) is 74.8 Å². The number of hydrogen-bond acceptors (Lipinski definition) is 5. The number of nitrogens with zero attached hydrogens (tertiary/aromatic N) is 1. The molecular formula is C16H16N4S. The average Bonchev–Trinajstić information content (AvgIpc) is 2.52. The Morgan fingerprint density at radius 3 is 2.67 bits per heavy atom. The molecule has 21 heavy (non-hydrogen) atoms. The standard InChI is InChI=1S/C16H16N4S/c17-9-13(10-18)16-6-7-19-11-12(16)5-8-20-14-1-3-15(21)4-2-14/h1-11,17,20-21H,18H2/b8-5+,13-10?,17-9?. The van der Waals surface area contributed by atoms with Gasteiger partial charge in [0.2, 0.25) is 0 Å². The van der Waals surface area contributed by atoms with Crippen LogP contribution in [0.25, 0.3) is 11.6 Å². The molecule has 106 valence electrons. The van der Waals surface area contributed by atoms with Crippen LogP contribution in [0.2, 0.25) is 0 Å². The monoisotopic (exact) mass is 296 g/mol. The molecule has 4 nitrogen and oxygen atoms in total. The number of allylic oxidation sites excluding steroid dienone is 1. The number of pyridine rings is 1. The molecule has 0 fully saturated rings. The van der Waals surface area contributed by atoms with Gasteiger partial charge in [0, 0.05) is 52.7 Å². The zero-order chi connectivity index (χ0) is 15.1. The van der Waals surface area contributed by atoms with Crippen molar-refractivity contribution in [2.24, 2.45) is 5.73 Å². The van der Waals surface area contributed by atoms with E-state index in [9.17, 15) is 0 Å². The van der Waals surface area contributed by atoms with Gasteiger partial charge in [-0.25, -0.2) is 0 Å². The lowest BCUT2D eigenvalue weighted by molar-refractivity contribution is 1.30. The zero-order valence-corrected chi connectivity index (χ0v) is 12.2. The van der Waals surface area contributed by atoms with Gasteiger partial charge in [0.25, 0.3) is 0 Å². The molecule has 0 spiro atoms. The second-order valence-electron chi connectivity index (χ2n) is 4.25. The average molecular weight is 296 g/mol. The molecule has 0 atom stereocenters. The number of hydrogen-bond donors (Lipinski definition) is 4. The lowest BCUT2D eigenvalue weighted by atomic mass is 10.0. The summed E-state index contributed by atoms with van der Waals surface area (Å²) in [6.07, 6.45) is 9.77. The molecule has 0 aliphatic carbocycles. The van der Waals surface area contributed by atoms with Gasteiger partial charge in [0.1, 0.15) is 0 Å². The van der Waals surface area contributed by atoms with Crippen LogP contribution in [-0.2, 0) is 0 Å². The smallest absolute Gasteiger partial charge is 0.0380 e. The minimum Gasteiger partial charge on any atom is -0.404 e. The van der Waals surface area contributed by atoms with Gasteiger partial charge < -0.3 is 16.5 Å². The van der Waals surface area contributed by atoms with Crippen LogP contribution in [0.5, 0.6) is 0 Å². The van der Waals surface area contributed by atoms with Gasteiger partial charge in [0.15, 0.2) is 0 Å². The van der Waals surface area contributed by atoms with Gasteiger partial charge in [0.05, 0.1) is 0 Å². The Kier molecular flexibility index (Phi) is 5.17. The van der Waals surface area contributed by atoms with E-state index in [-0.39, 0.29) is 0 Å². The maximum absolute atomic E-state index is 7.39. The van der Waals surface area contributed by atoms with Crippen molar-refractivity contribution in [3.05, 3.63) is 66.3 Å². The molecule has 1 aromatic heterocycles. The summed E-state index contributed by atoms with van der Waals surface area (Å²) in [6.45, 7) is 0. The molecular weight excluding hydrogens is 280 g/mol. The van der Waals surface area contributed by atoms with Gasteiger partial charge in [-0.05, 0) is 42.0 Å². The van der Waals surface area contributed by atoms with Crippen molar-refractivity contribution < 1.29 is 0 Å². The number of nitrogens with one attached hydrogen (secondary N) is 2. The predicted molar refractivity (Wildman–Crippen MR) is 91.5 cm³/mol. The second-order valence-corrected chi connectivity index (χ2v) is 4.77. The summed E-state index contributed by atoms with van der Waals surface area (Å²) >= 11 is 4.24. The summed E-state index contributed by atoms with van der Waals surface area (Å²) in [5.74, 6) is 0. The molecule has 2 rings (SSSR count). The Morgan fingerprint density at radius 1 is 1.24 bits per heavy atom. The van der Waals surface area contributed by atoms with E-state index >= 15 is 0 Å². The molecule has 0 bridgehead atoms. The number of benzene rings is 1. The summed E-state index contributed by atoms with van der Waals surface area (Å²) in [5.41, 5.74) is 8.91. The van der Waals surface area contributed by atoms with Crippen molar-refractivity contribution in [2.45, 2.75) is 4.90 Å². The first-order valence-electron chi connectivity index (χ1n) is 6.33. The Morgan fingerprint density at radius 2 is 2.00 bits per heavy atom. The van der Waals surface area contributed by atoms with Crippen LogP contribution in [0.4, 0.5) is 5.69 Å². The lowest BCUT2D eigenvalue weighted by Gasteiger charge is -2.05. The number of rotatable bonds is 5. The summed E-state index contributed by atoms with van der Waals surface area (Å²) in [4.78, 5) is 5.02. The van der Waals surface area contributed by atoms with E-state index in [1.807, 2.05) is 42.6 Å². The summed E-state index contributed by atoms with van der Waals surface area (Å²) < 4.78 is 0. The fourth-order valence-corrected chi connectivity index (χ4v) is 1.95. The highest BCUT2D eigenvalue weighted by Gasteiger charge is 2.02. The molecule has 5 heteroatoms. The zero-order valence-electron chi connectivity index (χ0n) is 11.3. The molecule has 0 aliphatic heterocycles. The van der Waals surface area contributed by atoms with E-state index in [4.69, 9.17) is 11.1 Å². The molecule has 0 saturated heterocycles. The molecule has 1 heterocycles. The molecule has 0 saturated carbocycles. The molecule has 0 unspecified atom stereocenters. The third kappa shape index (κ3) is 3.97. The fraction of sp³-hybridized carbons (Fsp3) is 0. The highest BCUT2D eigenvalue weighted by molar-refractivity contribution is 7.80. The van der Waals surface area contributed by atoms with Crippen LogP contribution in [0.1, 0.15) is 11.1 Å². The lowest BCUT2D eigenvalue weighted by Crippen LogP contribution is -1.95. The van der Waals surface area contributed by atoms with Crippen molar-refractivity contribution >= 4 is 36.2 Å². The molecule has 1 aromatic carbocycles. The van der Waals surface area contributed by atoms with E-state index in [0.29, 0.717) is 5.57 Å². The van der Waals surface area contributed by atoms with E-state index in [0.717, 1.165) is 21.7 Å². The number of aromatic nitrogens is 1. The minimum atomic E-state index is 0.650. The van der Waals surface area contributed by atoms with Crippen LogP contribution in [0.3, 0.4) is 0 Å². The molecule has 2 aromatic rings. The number of thiol groups is 1. The first-order valence-corrected chi connectivity index (χ1v) is 6.78. The van der Waals surface area contributed by atoms with Crippen LogP contribution in [-0.4, -0.2) is 11.2 Å². The maximum atomic E-state index is 7.39. The minimum absolute atomic E-state index is 0.650. The van der Waals surface area contributed by atoms with E-state index in [1.165, 1.54) is 12.4 Å². The first kappa shape index (κ1) is 14.9. The van der Waals surface area contributed by atoms with Gasteiger partial charge in [-0.2, -0.15) is 0 Å². The van der Waals surface area contributed by atoms with Crippen LogP contribution in [0, 0.1) is 5.41 Å². The van der Waals surface area contributed by atoms with Crippen molar-refractivity contribution in [2.75, 3.05) is 5.32 Å². The predicted octanol–water partition coefficient (Wildman–Crippen LogP) is 3.40. The number of anilines is 1. The van der Waals surface area contributed by atoms with Crippen LogP contribution in [0.15, 0.2) is 60.0 Å². The largest absolute Gasteiger partial charge is 0.404 e. The summed E-state index contributed by atoms with van der Waals surface area (Å²) in [6, 6.07) is 9.55. The quantitative estimate of drug-likeness (QED) is 0.504. The Hall–Kier alpha value is -2.53. The third-order valence-electron chi connectivity index (χ3n) is 2.88. The Balaban J connectivity index is 2.17. The molecule has 4 N–H and O–H groups in total. The first-order chi connectivity index (χ1) is 10.2. The second kappa shape index (κ2) is 7.31. The van der Waals surface area contributed by atoms with Gasteiger partial charge in [-0.3, -0.25) is 4.98 Å². The Labute approximate surface area is 129 Å². The molecule has 0 aliphatic rings. The van der Waals surface area contributed by atoms with Crippen molar-refractivity contribution in [1.29, 1.82) is 5.41 Å². The van der Waals surface area contributed by atoms with Gasteiger partial charge in [-0.1, -0.05) is 0 Å². The molecule has 0 amide bonds. The van der Waals surface area contributed by atoms with Gasteiger partial charge >= 0.3 is 0 Å². The van der Waals surface area contributed by atoms with E-state index in [2.05, 4.69) is 22.9 Å². The Bertz CT molecular complexity index is 675. The highest BCUT2D eigenvalue weighted by Crippen LogP contribution is 2.18. The van der Waals surface area contributed by atoms with Crippen molar-refractivity contribution in [3.63, 3.8) is 0 Å². The SMILES string of the molecule is N=CC(=CN)c1ccncc1/C=C/Nc1ccc(S)cc1. The third-order valence-corrected chi connectivity index (χ3v) is 3.18. The normalized spacial score (nSPS) is 11.6. The van der Waals surface area contributed by atoms with Crippen molar-refractivity contribution in [1.82, 2.24) is 4.98 Å². The fourth-order valence-electron chi connectivity index (χ4n) is 1.80. The summed E-state index contributed by atoms with van der Waals surface area (Å²) in [5, 5.41) is 10.6. The summed E-state index contributed by atoms with van der Waals surface area (Å²) in [7, 11) is 0. The van der Waals surface area contributed by atoms with Crippen LogP contribution < -0.4 is 11.1 Å². The number of nitrogens with two attached hydrogens (primary N) is 1. The molecule has 0 radical (unpaired) electrons. The van der Waals surface area contributed by atoms with E-state index in [1.54, 1.807) is 12.4 Å². The van der Waals surface area contributed by atoms with Gasteiger partial charge in [-0.15, -0.1) is 12.6 Å². The highest BCUT2D eigenvalue weighted by atomic mass is 32.1. The maximum Gasteiger partial charge on any atom is 0.0380 e. The van der Waals surface area contributed by atoms with E-state index < -0.39 is 0 Å².